The molecule has 2 rings (SSSR count). The first-order valence-electron chi connectivity index (χ1n) is 13.4. The first kappa shape index (κ1) is 27.7. The molecule has 0 aliphatic carbocycles. The third-order valence-corrected chi connectivity index (χ3v) is 7.18. The molecule has 4 nitrogen and oxygen atoms in total. The van der Waals surface area contributed by atoms with Crippen molar-refractivity contribution in [3.63, 3.8) is 0 Å². The normalized spacial score (nSPS) is 16.2. The molecule has 185 valence electrons. The Balaban J connectivity index is 1.46. The molecule has 1 radical (unpaired) electrons. The van der Waals surface area contributed by atoms with Crippen LogP contribution in [0.5, 0.6) is 0 Å². The zero-order chi connectivity index (χ0) is 23.9. The van der Waals surface area contributed by atoms with Gasteiger partial charge in [0.2, 0.25) is 11.8 Å². The number of nitrogens with zero attached hydrogens (tertiary/aromatic N) is 1. The fourth-order valence-corrected chi connectivity index (χ4v) is 4.90. The van der Waals surface area contributed by atoms with Crippen molar-refractivity contribution in [2.75, 3.05) is 4.90 Å². The minimum Gasteiger partial charge on any atom is -0.299 e. The lowest BCUT2D eigenvalue weighted by atomic mass is 9.98. The number of unbranched alkanes of at least 4 members (excludes halogenated alkanes) is 15. The molecule has 1 heterocycles. The second-order valence-corrected chi connectivity index (χ2v) is 10.1. The lowest BCUT2D eigenvalue weighted by molar-refractivity contribution is -0.122. The summed E-state index contributed by atoms with van der Waals surface area (Å²) in [5.74, 6) is -0.500. The first-order valence-corrected chi connectivity index (χ1v) is 13.8. The fourth-order valence-electron chi connectivity index (χ4n) is 4.78. The van der Waals surface area contributed by atoms with Crippen LogP contribution in [-0.2, 0) is 9.59 Å². The van der Waals surface area contributed by atoms with Crippen LogP contribution in [0.25, 0.3) is 0 Å². The maximum absolute atomic E-state index is 12.7. The summed E-state index contributed by atoms with van der Waals surface area (Å²) < 4.78 is 0. The largest absolute Gasteiger partial charge is 0.299 e. The number of benzene rings is 1. The van der Waals surface area contributed by atoms with Crippen LogP contribution < -0.4 is 10.6 Å². The second-order valence-electron chi connectivity index (χ2n) is 9.72. The van der Waals surface area contributed by atoms with Gasteiger partial charge in [-0.3, -0.25) is 20.2 Å². The lowest BCUT2D eigenvalue weighted by Crippen LogP contribution is -2.30. The second kappa shape index (κ2) is 16.1. The van der Waals surface area contributed by atoms with Gasteiger partial charge in [0.15, 0.2) is 0 Å². The molecule has 1 aliphatic heterocycles. The van der Waals surface area contributed by atoms with E-state index in [4.69, 9.17) is 17.3 Å². The predicted octanol–water partition coefficient (Wildman–Crippen LogP) is 8.79. The van der Waals surface area contributed by atoms with Gasteiger partial charge in [-0.15, -0.1) is 0 Å². The predicted molar refractivity (Wildman–Crippen MR) is 139 cm³/mol. The highest BCUT2D eigenvalue weighted by molar-refractivity contribution is 6.33. The molecule has 1 unspecified atom stereocenters. The highest BCUT2D eigenvalue weighted by Crippen LogP contribution is 2.33. The molecule has 1 saturated heterocycles. The smallest absolute Gasteiger partial charge is 0.237 e. The zero-order valence-electron chi connectivity index (χ0n) is 20.7. The summed E-state index contributed by atoms with van der Waals surface area (Å²) >= 11 is 5.89. The van der Waals surface area contributed by atoms with Crippen molar-refractivity contribution in [1.82, 2.24) is 5.73 Å². The van der Waals surface area contributed by atoms with E-state index >= 15 is 0 Å². The number of nitrogens with one attached hydrogen (secondary N) is 1. The third-order valence-electron chi connectivity index (χ3n) is 6.85. The van der Waals surface area contributed by atoms with Crippen LogP contribution in [0.4, 0.5) is 11.4 Å². The molecule has 2 amide bonds. The Hall–Kier alpha value is -1.55. The molecule has 1 fully saturated rings. The lowest BCUT2D eigenvalue weighted by Gasteiger charge is -2.15. The number of carbonyl (C=O) groups excluding carboxylic acids is 2. The molecule has 0 spiro atoms. The number of amides is 2. The van der Waals surface area contributed by atoms with Crippen LogP contribution in [0.2, 0.25) is 5.02 Å². The van der Waals surface area contributed by atoms with Gasteiger partial charge in [-0.1, -0.05) is 121 Å². The molecule has 0 saturated carbocycles. The van der Waals surface area contributed by atoms with Crippen LogP contribution in [0.1, 0.15) is 122 Å². The molecule has 1 N–H and O–H groups in total. The summed E-state index contributed by atoms with van der Waals surface area (Å²) in [7, 11) is 0. The monoisotopic (exact) mass is 475 g/mol. The highest BCUT2D eigenvalue weighted by Gasteiger charge is 2.39. The van der Waals surface area contributed by atoms with Crippen molar-refractivity contribution in [2.24, 2.45) is 5.92 Å². The molecular formula is C28H44ClN2O2. The minimum atomic E-state index is -0.214. The summed E-state index contributed by atoms with van der Waals surface area (Å²) in [6.45, 7) is 2.27. The Bertz CT molecular complexity index is 722. The minimum absolute atomic E-state index is 0.123. The SMILES string of the molecule is CCCCCCCCCCCCCCCCCCC1CC(=O)N(c2ccc(Cl)c([NH])c2)C1=O. The Morgan fingerprint density at radius 2 is 1.30 bits per heavy atom. The van der Waals surface area contributed by atoms with Crippen molar-refractivity contribution in [1.29, 1.82) is 0 Å². The molecule has 0 bridgehead atoms. The van der Waals surface area contributed by atoms with E-state index in [0.717, 1.165) is 19.3 Å². The van der Waals surface area contributed by atoms with Crippen molar-refractivity contribution in [2.45, 2.75) is 122 Å². The van der Waals surface area contributed by atoms with Crippen LogP contribution in [0.15, 0.2) is 18.2 Å². The van der Waals surface area contributed by atoms with Gasteiger partial charge in [-0.25, -0.2) is 0 Å². The van der Waals surface area contributed by atoms with E-state index in [-0.39, 0.29) is 29.8 Å². The van der Waals surface area contributed by atoms with Gasteiger partial charge in [0.05, 0.1) is 16.4 Å². The number of halogens is 1. The first-order chi connectivity index (χ1) is 16.0. The summed E-state index contributed by atoms with van der Waals surface area (Å²) in [4.78, 5) is 26.3. The average Bonchev–Trinajstić information content (AvgIpc) is 3.08. The van der Waals surface area contributed by atoms with E-state index in [1.54, 1.807) is 12.1 Å². The third kappa shape index (κ3) is 10.1. The summed E-state index contributed by atoms with van der Waals surface area (Å²) in [6, 6.07) is 4.71. The van der Waals surface area contributed by atoms with Gasteiger partial charge in [0.25, 0.3) is 0 Å². The molecule has 1 aliphatic rings. The Kier molecular flexibility index (Phi) is 13.5. The van der Waals surface area contributed by atoms with E-state index in [0.29, 0.717) is 10.7 Å². The zero-order valence-corrected chi connectivity index (χ0v) is 21.4. The van der Waals surface area contributed by atoms with E-state index in [9.17, 15) is 9.59 Å². The average molecular weight is 476 g/mol. The van der Waals surface area contributed by atoms with Gasteiger partial charge < -0.3 is 0 Å². The number of hydrogen-bond donors (Lipinski definition) is 0. The highest BCUT2D eigenvalue weighted by atomic mass is 35.5. The maximum Gasteiger partial charge on any atom is 0.237 e. The van der Waals surface area contributed by atoms with Gasteiger partial charge in [-0.05, 0) is 24.6 Å². The van der Waals surface area contributed by atoms with Gasteiger partial charge >= 0.3 is 0 Å². The topological polar surface area (TPSA) is 61.2 Å². The Labute approximate surface area is 206 Å². The molecular weight excluding hydrogens is 432 g/mol. The summed E-state index contributed by atoms with van der Waals surface area (Å²) in [6.07, 6.45) is 22.3. The molecule has 1 aromatic carbocycles. The van der Waals surface area contributed by atoms with E-state index in [1.807, 2.05) is 0 Å². The van der Waals surface area contributed by atoms with Crippen molar-refractivity contribution < 1.29 is 9.59 Å². The number of hydrogen-bond acceptors (Lipinski definition) is 2. The van der Waals surface area contributed by atoms with E-state index in [1.165, 1.54) is 101 Å². The quantitative estimate of drug-likeness (QED) is 0.157. The van der Waals surface area contributed by atoms with E-state index in [2.05, 4.69) is 6.92 Å². The molecule has 33 heavy (non-hydrogen) atoms. The number of carbonyl (C=O) groups is 2. The van der Waals surface area contributed by atoms with Crippen LogP contribution >= 0.6 is 11.6 Å². The van der Waals surface area contributed by atoms with Crippen molar-refractivity contribution >= 4 is 34.8 Å². The number of anilines is 1. The van der Waals surface area contributed by atoms with Crippen molar-refractivity contribution in [3.8, 4) is 0 Å². The van der Waals surface area contributed by atoms with Crippen molar-refractivity contribution in [3.05, 3.63) is 23.2 Å². The van der Waals surface area contributed by atoms with E-state index < -0.39 is 0 Å². The van der Waals surface area contributed by atoms with Gasteiger partial charge in [-0.2, -0.15) is 0 Å². The van der Waals surface area contributed by atoms with Crippen LogP contribution in [0.3, 0.4) is 0 Å². The molecule has 1 atom stereocenters. The molecule has 1 aromatic rings. The van der Waals surface area contributed by atoms with Crippen LogP contribution in [0, 0.1) is 5.92 Å². The fraction of sp³-hybridized carbons (Fsp3) is 0.714. The molecule has 0 aromatic heterocycles. The Morgan fingerprint density at radius 1 is 0.818 bits per heavy atom. The standard InChI is InChI=1S/C28H44ClN2O2/c1-2-3-4-5-6-7-8-9-10-11-12-13-14-15-16-17-18-23-21-27(32)31(28(23)33)24-19-20-25(29)26(30)22-24/h19-20,22-23,30H,2-18,21H2,1H3. The molecule has 5 heteroatoms. The maximum atomic E-state index is 12.7. The van der Waals surface area contributed by atoms with Crippen LogP contribution in [-0.4, -0.2) is 11.8 Å². The van der Waals surface area contributed by atoms with Gasteiger partial charge in [0.1, 0.15) is 0 Å². The number of rotatable bonds is 18. The summed E-state index contributed by atoms with van der Waals surface area (Å²) in [5.41, 5.74) is 8.41. The summed E-state index contributed by atoms with van der Waals surface area (Å²) in [5, 5.41) is 0.322. The van der Waals surface area contributed by atoms with Gasteiger partial charge in [0, 0.05) is 12.3 Å². The number of imide groups is 1. The Morgan fingerprint density at radius 3 is 1.79 bits per heavy atom.